The van der Waals surface area contributed by atoms with Crippen molar-refractivity contribution in [1.29, 1.82) is 0 Å². The second kappa shape index (κ2) is 6.17. The molecule has 1 aliphatic rings. The summed E-state index contributed by atoms with van der Waals surface area (Å²) in [6, 6.07) is 0.701. The SMILES string of the molecule is CN(C1CCCCC1)C(CO)C(N)C(C)(C)C. The molecule has 1 fully saturated rings. The van der Waals surface area contributed by atoms with Gasteiger partial charge < -0.3 is 10.8 Å². The molecular formula is C14H30N2O. The van der Waals surface area contributed by atoms with Crippen LogP contribution in [0.25, 0.3) is 0 Å². The van der Waals surface area contributed by atoms with Crippen LogP contribution in [0.2, 0.25) is 0 Å². The first-order valence-corrected chi connectivity index (χ1v) is 6.96. The largest absolute Gasteiger partial charge is 0.395 e. The van der Waals surface area contributed by atoms with E-state index in [1.165, 1.54) is 32.1 Å². The van der Waals surface area contributed by atoms with E-state index in [1.54, 1.807) is 0 Å². The van der Waals surface area contributed by atoms with Gasteiger partial charge in [-0.3, -0.25) is 4.90 Å². The van der Waals surface area contributed by atoms with Crippen LogP contribution in [0.4, 0.5) is 0 Å². The molecule has 0 spiro atoms. The van der Waals surface area contributed by atoms with Crippen LogP contribution in [0.5, 0.6) is 0 Å². The third kappa shape index (κ3) is 3.94. The van der Waals surface area contributed by atoms with E-state index in [4.69, 9.17) is 5.73 Å². The van der Waals surface area contributed by atoms with Gasteiger partial charge in [-0.2, -0.15) is 0 Å². The maximum atomic E-state index is 9.64. The Bertz CT molecular complexity index is 219. The highest BCUT2D eigenvalue weighted by Crippen LogP contribution is 2.27. The molecule has 0 aromatic carbocycles. The van der Waals surface area contributed by atoms with Gasteiger partial charge >= 0.3 is 0 Å². The minimum atomic E-state index is 0.0134. The molecular weight excluding hydrogens is 212 g/mol. The Morgan fingerprint density at radius 3 is 2.18 bits per heavy atom. The second-order valence-electron chi connectivity index (χ2n) is 6.60. The molecule has 3 nitrogen and oxygen atoms in total. The van der Waals surface area contributed by atoms with Gasteiger partial charge in [0, 0.05) is 18.1 Å². The fourth-order valence-corrected chi connectivity index (χ4v) is 2.83. The lowest BCUT2D eigenvalue weighted by molar-refractivity contribution is 0.0478. The maximum Gasteiger partial charge on any atom is 0.0602 e. The van der Waals surface area contributed by atoms with E-state index in [0.29, 0.717) is 6.04 Å². The topological polar surface area (TPSA) is 49.5 Å². The van der Waals surface area contributed by atoms with Gasteiger partial charge in [0.25, 0.3) is 0 Å². The van der Waals surface area contributed by atoms with Gasteiger partial charge in [0.05, 0.1) is 6.61 Å². The highest BCUT2D eigenvalue weighted by molar-refractivity contribution is 4.91. The van der Waals surface area contributed by atoms with E-state index in [1.807, 2.05) is 0 Å². The first-order chi connectivity index (χ1) is 7.88. The second-order valence-corrected chi connectivity index (χ2v) is 6.60. The van der Waals surface area contributed by atoms with Gasteiger partial charge in [0.15, 0.2) is 0 Å². The summed E-state index contributed by atoms with van der Waals surface area (Å²) in [5.41, 5.74) is 6.35. The Kier molecular flexibility index (Phi) is 5.42. The molecule has 1 rings (SSSR count). The van der Waals surface area contributed by atoms with Crippen molar-refractivity contribution >= 4 is 0 Å². The summed E-state index contributed by atoms with van der Waals surface area (Å²) in [5, 5.41) is 9.64. The van der Waals surface area contributed by atoms with Gasteiger partial charge in [-0.1, -0.05) is 40.0 Å². The third-order valence-electron chi connectivity index (χ3n) is 4.28. The van der Waals surface area contributed by atoms with Gasteiger partial charge in [-0.25, -0.2) is 0 Å². The summed E-state index contributed by atoms with van der Waals surface area (Å²) in [6.45, 7) is 6.60. The van der Waals surface area contributed by atoms with Gasteiger partial charge in [-0.15, -0.1) is 0 Å². The predicted octanol–water partition coefficient (Wildman–Crippen LogP) is 1.99. The molecule has 2 atom stereocenters. The fourth-order valence-electron chi connectivity index (χ4n) is 2.83. The van der Waals surface area contributed by atoms with Crippen LogP contribution in [0.3, 0.4) is 0 Å². The third-order valence-corrected chi connectivity index (χ3v) is 4.28. The molecule has 0 bridgehead atoms. The zero-order valence-electron chi connectivity index (χ0n) is 11.9. The van der Waals surface area contributed by atoms with Crippen LogP contribution in [0.1, 0.15) is 52.9 Å². The summed E-state index contributed by atoms with van der Waals surface area (Å²) in [4.78, 5) is 2.33. The zero-order chi connectivity index (χ0) is 13.1. The van der Waals surface area contributed by atoms with Crippen molar-refractivity contribution in [2.75, 3.05) is 13.7 Å². The minimum Gasteiger partial charge on any atom is -0.395 e. The standard InChI is InChI=1S/C14H30N2O/c1-14(2,3)13(15)12(10-17)16(4)11-8-6-5-7-9-11/h11-13,17H,5-10,15H2,1-4H3. The number of rotatable bonds is 4. The van der Waals surface area contributed by atoms with Crippen LogP contribution < -0.4 is 5.73 Å². The first kappa shape index (κ1) is 14.9. The van der Waals surface area contributed by atoms with E-state index in [2.05, 4.69) is 32.7 Å². The summed E-state index contributed by atoms with van der Waals surface area (Å²) >= 11 is 0. The molecule has 1 saturated carbocycles. The first-order valence-electron chi connectivity index (χ1n) is 6.96. The molecule has 0 aromatic heterocycles. The molecule has 1 aliphatic carbocycles. The number of nitrogens with two attached hydrogens (primary N) is 1. The van der Waals surface area contributed by atoms with E-state index < -0.39 is 0 Å². The van der Waals surface area contributed by atoms with Gasteiger partial charge in [0.2, 0.25) is 0 Å². The van der Waals surface area contributed by atoms with Crippen LogP contribution in [0, 0.1) is 5.41 Å². The number of likely N-dealkylation sites (N-methyl/N-ethyl adjacent to an activating group) is 1. The van der Waals surface area contributed by atoms with Crippen LogP contribution in [-0.2, 0) is 0 Å². The Hall–Kier alpha value is -0.120. The Balaban J connectivity index is 2.65. The van der Waals surface area contributed by atoms with Crippen LogP contribution in [-0.4, -0.2) is 41.8 Å². The Morgan fingerprint density at radius 1 is 1.24 bits per heavy atom. The lowest BCUT2D eigenvalue weighted by atomic mass is 9.81. The number of aliphatic hydroxyl groups is 1. The summed E-state index contributed by atoms with van der Waals surface area (Å²) < 4.78 is 0. The smallest absolute Gasteiger partial charge is 0.0602 e. The van der Waals surface area contributed by atoms with E-state index >= 15 is 0 Å². The fraction of sp³-hybridized carbons (Fsp3) is 1.00. The molecule has 2 unspecified atom stereocenters. The van der Waals surface area contributed by atoms with Crippen molar-refractivity contribution in [3.63, 3.8) is 0 Å². The highest BCUT2D eigenvalue weighted by Gasteiger charge is 2.34. The van der Waals surface area contributed by atoms with Crippen molar-refractivity contribution in [3.05, 3.63) is 0 Å². The van der Waals surface area contributed by atoms with E-state index in [9.17, 15) is 5.11 Å². The average molecular weight is 242 g/mol. The molecule has 0 heterocycles. The Labute approximate surface area is 106 Å². The maximum absolute atomic E-state index is 9.64. The summed E-state index contributed by atoms with van der Waals surface area (Å²) in [6.07, 6.45) is 6.50. The minimum absolute atomic E-state index is 0.0134. The van der Waals surface area contributed by atoms with Crippen molar-refractivity contribution < 1.29 is 5.11 Å². The number of hydrogen-bond acceptors (Lipinski definition) is 3. The highest BCUT2D eigenvalue weighted by atomic mass is 16.3. The van der Waals surface area contributed by atoms with Crippen molar-refractivity contribution in [3.8, 4) is 0 Å². The lowest BCUT2D eigenvalue weighted by Crippen LogP contribution is -2.57. The molecule has 3 heteroatoms. The number of aliphatic hydroxyl groups excluding tert-OH is 1. The number of hydrogen-bond donors (Lipinski definition) is 2. The van der Waals surface area contributed by atoms with Crippen LogP contribution in [0.15, 0.2) is 0 Å². The van der Waals surface area contributed by atoms with Gasteiger partial charge in [0.1, 0.15) is 0 Å². The van der Waals surface area contributed by atoms with Crippen molar-refractivity contribution in [1.82, 2.24) is 4.90 Å². The van der Waals surface area contributed by atoms with Crippen LogP contribution >= 0.6 is 0 Å². The molecule has 0 radical (unpaired) electrons. The predicted molar refractivity (Wildman–Crippen MR) is 72.9 cm³/mol. The lowest BCUT2D eigenvalue weighted by Gasteiger charge is -2.43. The summed E-state index contributed by atoms with van der Waals surface area (Å²) in [5.74, 6) is 0. The molecule has 3 N–H and O–H groups in total. The zero-order valence-corrected chi connectivity index (χ0v) is 11.9. The van der Waals surface area contributed by atoms with E-state index in [0.717, 1.165) is 0 Å². The molecule has 0 saturated heterocycles. The normalized spacial score (nSPS) is 22.8. The summed E-state index contributed by atoms with van der Waals surface area (Å²) in [7, 11) is 2.13. The molecule has 17 heavy (non-hydrogen) atoms. The molecule has 102 valence electrons. The average Bonchev–Trinajstić information content (AvgIpc) is 2.29. The Morgan fingerprint density at radius 2 is 1.76 bits per heavy atom. The van der Waals surface area contributed by atoms with Crippen molar-refractivity contribution in [2.24, 2.45) is 11.1 Å². The quantitative estimate of drug-likeness (QED) is 0.792. The molecule has 0 amide bonds. The van der Waals surface area contributed by atoms with E-state index in [-0.39, 0.29) is 24.1 Å². The van der Waals surface area contributed by atoms with Gasteiger partial charge in [-0.05, 0) is 25.3 Å². The number of nitrogens with zero attached hydrogens (tertiary/aromatic N) is 1. The monoisotopic (exact) mass is 242 g/mol. The van der Waals surface area contributed by atoms with Crippen molar-refractivity contribution in [2.45, 2.75) is 71.0 Å². The molecule has 0 aromatic rings. The molecule has 0 aliphatic heterocycles.